The zero-order valence-corrected chi connectivity index (χ0v) is 13.8. The first kappa shape index (κ1) is 15.0. The fourth-order valence-corrected chi connectivity index (χ4v) is 4.35. The van der Waals surface area contributed by atoms with Crippen molar-refractivity contribution < 1.29 is 4.79 Å². The van der Waals surface area contributed by atoms with Crippen molar-refractivity contribution in [2.75, 3.05) is 40.3 Å². The molecule has 2 aliphatic rings. The molecule has 3 heterocycles. The van der Waals surface area contributed by atoms with Gasteiger partial charge in [-0.05, 0) is 38.4 Å². The predicted molar refractivity (Wildman–Crippen MR) is 86.7 cm³/mol. The summed E-state index contributed by atoms with van der Waals surface area (Å²) in [5, 5.41) is 2.05. The summed E-state index contributed by atoms with van der Waals surface area (Å²) in [6.45, 7) is 4.32. The maximum atomic E-state index is 12.5. The highest BCUT2D eigenvalue weighted by molar-refractivity contribution is 7.10. The summed E-state index contributed by atoms with van der Waals surface area (Å²) in [4.78, 5) is 20.7. The molecule has 0 N–H and O–H groups in total. The monoisotopic (exact) mass is 307 g/mol. The van der Waals surface area contributed by atoms with Gasteiger partial charge in [0.25, 0.3) is 0 Å². The fourth-order valence-electron chi connectivity index (χ4n) is 3.65. The Balaban J connectivity index is 1.57. The molecule has 116 valence electrons. The van der Waals surface area contributed by atoms with Crippen LogP contribution in [0, 0.1) is 0 Å². The van der Waals surface area contributed by atoms with Crippen LogP contribution in [-0.2, 0) is 11.2 Å². The minimum Gasteiger partial charge on any atom is -0.338 e. The molecule has 0 bridgehead atoms. The predicted octanol–water partition coefficient (Wildman–Crippen LogP) is 1.53. The zero-order valence-electron chi connectivity index (χ0n) is 13.0. The third-order valence-corrected chi connectivity index (χ3v) is 5.63. The van der Waals surface area contributed by atoms with Gasteiger partial charge < -0.3 is 9.80 Å². The van der Waals surface area contributed by atoms with Crippen molar-refractivity contribution in [1.82, 2.24) is 14.7 Å². The second kappa shape index (κ2) is 6.46. The first-order chi connectivity index (χ1) is 10.1. The number of amides is 1. The van der Waals surface area contributed by atoms with Crippen LogP contribution in [-0.4, -0.2) is 73.0 Å². The molecular weight excluding hydrogens is 282 g/mol. The molecular formula is C16H25N3OS. The van der Waals surface area contributed by atoms with Crippen LogP contribution in [0.2, 0.25) is 0 Å². The fraction of sp³-hybridized carbons (Fsp3) is 0.688. The summed E-state index contributed by atoms with van der Waals surface area (Å²) in [5.74, 6) is 0.319. The van der Waals surface area contributed by atoms with Crippen LogP contribution < -0.4 is 0 Å². The van der Waals surface area contributed by atoms with Gasteiger partial charge in [-0.15, -0.1) is 11.3 Å². The Bertz CT molecular complexity index is 474. The highest BCUT2D eigenvalue weighted by Crippen LogP contribution is 2.32. The number of rotatable bonds is 5. The summed E-state index contributed by atoms with van der Waals surface area (Å²) in [6.07, 6.45) is 2.88. The van der Waals surface area contributed by atoms with Crippen LogP contribution in [0.3, 0.4) is 0 Å². The van der Waals surface area contributed by atoms with Crippen molar-refractivity contribution in [3.05, 3.63) is 22.4 Å². The molecule has 0 radical (unpaired) electrons. The Kier molecular flexibility index (Phi) is 4.62. The van der Waals surface area contributed by atoms with Crippen LogP contribution in [0.15, 0.2) is 17.5 Å². The van der Waals surface area contributed by atoms with Gasteiger partial charge in [-0.3, -0.25) is 9.69 Å². The summed E-state index contributed by atoms with van der Waals surface area (Å²) >= 11 is 1.68. The topological polar surface area (TPSA) is 26.8 Å². The Morgan fingerprint density at radius 3 is 2.86 bits per heavy atom. The van der Waals surface area contributed by atoms with Crippen molar-refractivity contribution in [1.29, 1.82) is 0 Å². The maximum absolute atomic E-state index is 12.5. The lowest BCUT2D eigenvalue weighted by molar-refractivity contribution is -0.131. The SMILES string of the molecule is CN(C)CCN1CC[C@H]2[C@@H]1CCN2C(=O)Cc1cccs1. The molecule has 5 heteroatoms. The maximum Gasteiger partial charge on any atom is 0.228 e. The smallest absolute Gasteiger partial charge is 0.228 e. The van der Waals surface area contributed by atoms with Crippen LogP contribution >= 0.6 is 11.3 Å². The van der Waals surface area contributed by atoms with E-state index in [1.807, 2.05) is 11.4 Å². The molecule has 0 aromatic carbocycles. The van der Waals surface area contributed by atoms with Gasteiger partial charge >= 0.3 is 0 Å². The van der Waals surface area contributed by atoms with Crippen molar-refractivity contribution >= 4 is 17.2 Å². The van der Waals surface area contributed by atoms with Crippen molar-refractivity contribution in [3.8, 4) is 0 Å². The summed E-state index contributed by atoms with van der Waals surface area (Å²) in [6, 6.07) is 5.14. The van der Waals surface area contributed by atoms with Crippen molar-refractivity contribution in [2.24, 2.45) is 0 Å². The van der Waals surface area contributed by atoms with E-state index in [4.69, 9.17) is 0 Å². The Labute approximate surface area is 131 Å². The highest BCUT2D eigenvalue weighted by atomic mass is 32.1. The van der Waals surface area contributed by atoms with E-state index in [0.29, 0.717) is 24.4 Å². The van der Waals surface area contributed by atoms with E-state index in [1.165, 1.54) is 4.88 Å². The standard InChI is InChI=1S/C16H25N3OS/c1-17(2)9-10-18-7-5-15-14(18)6-8-19(15)16(20)12-13-4-3-11-21-13/h3-4,11,14-15H,5-10,12H2,1-2H3/t14-,15-/m0/s1. The minimum absolute atomic E-state index is 0.319. The Hall–Kier alpha value is -0.910. The van der Waals surface area contributed by atoms with Gasteiger partial charge in [0.1, 0.15) is 0 Å². The Morgan fingerprint density at radius 2 is 2.14 bits per heavy atom. The average Bonchev–Trinajstić information content (AvgIpc) is 3.13. The van der Waals surface area contributed by atoms with E-state index in [9.17, 15) is 4.79 Å². The molecule has 1 aromatic rings. The largest absolute Gasteiger partial charge is 0.338 e. The first-order valence-corrected chi connectivity index (χ1v) is 8.74. The van der Waals surface area contributed by atoms with Crippen LogP contribution in [0.4, 0.5) is 0 Å². The molecule has 2 aliphatic heterocycles. The van der Waals surface area contributed by atoms with Gasteiger partial charge in [0.2, 0.25) is 5.91 Å². The molecule has 1 aromatic heterocycles. The molecule has 1 amide bonds. The van der Waals surface area contributed by atoms with Crippen LogP contribution in [0.5, 0.6) is 0 Å². The number of hydrogen-bond acceptors (Lipinski definition) is 4. The number of carbonyl (C=O) groups excluding carboxylic acids is 1. The summed E-state index contributed by atoms with van der Waals surface area (Å²) in [7, 11) is 4.25. The van der Waals surface area contributed by atoms with Gasteiger partial charge in [0, 0.05) is 43.1 Å². The number of likely N-dealkylation sites (tertiary alicyclic amines) is 2. The lowest BCUT2D eigenvalue weighted by atomic mass is 10.1. The van der Waals surface area contributed by atoms with Gasteiger partial charge in [0.15, 0.2) is 0 Å². The lowest BCUT2D eigenvalue weighted by Crippen LogP contribution is -2.41. The molecule has 21 heavy (non-hydrogen) atoms. The van der Waals surface area contributed by atoms with E-state index in [0.717, 1.165) is 39.0 Å². The van der Waals surface area contributed by atoms with E-state index in [1.54, 1.807) is 11.3 Å². The van der Waals surface area contributed by atoms with Crippen molar-refractivity contribution in [3.63, 3.8) is 0 Å². The van der Waals surface area contributed by atoms with E-state index in [-0.39, 0.29) is 0 Å². The van der Waals surface area contributed by atoms with E-state index in [2.05, 4.69) is 34.9 Å². The molecule has 0 unspecified atom stereocenters. The van der Waals surface area contributed by atoms with E-state index < -0.39 is 0 Å². The molecule has 3 rings (SSSR count). The normalized spacial score (nSPS) is 25.8. The second-order valence-corrected chi connectivity index (χ2v) is 7.43. The average molecular weight is 307 g/mol. The molecule has 2 fully saturated rings. The second-order valence-electron chi connectivity index (χ2n) is 6.39. The first-order valence-electron chi connectivity index (χ1n) is 7.86. The Morgan fingerprint density at radius 1 is 1.33 bits per heavy atom. The zero-order chi connectivity index (χ0) is 14.8. The van der Waals surface area contributed by atoms with Gasteiger partial charge in [0.05, 0.1) is 6.42 Å². The molecule has 2 saturated heterocycles. The number of likely N-dealkylation sites (N-methyl/N-ethyl adjacent to an activating group) is 1. The van der Waals surface area contributed by atoms with Gasteiger partial charge in [-0.1, -0.05) is 6.07 Å². The summed E-state index contributed by atoms with van der Waals surface area (Å²) in [5.41, 5.74) is 0. The van der Waals surface area contributed by atoms with Gasteiger partial charge in [-0.2, -0.15) is 0 Å². The third kappa shape index (κ3) is 3.30. The molecule has 4 nitrogen and oxygen atoms in total. The van der Waals surface area contributed by atoms with Crippen LogP contribution in [0.1, 0.15) is 17.7 Å². The van der Waals surface area contributed by atoms with Crippen LogP contribution in [0.25, 0.3) is 0 Å². The lowest BCUT2D eigenvalue weighted by Gasteiger charge is -2.26. The number of thiophene rings is 1. The number of hydrogen-bond donors (Lipinski definition) is 0. The van der Waals surface area contributed by atoms with Crippen molar-refractivity contribution in [2.45, 2.75) is 31.3 Å². The quantitative estimate of drug-likeness (QED) is 0.825. The molecule has 0 aliphatic carbocycles. The third-order valence-electron chi connectivity index (χ3n) is 4.75. The highest BCUT2D eigenvalue weighted by Gasteiger charge is 2.43. The van der Waals surface area contributed by atoms with E-state index >= 15 is 0 Å². The summed E-state index contributed by atoms with van der Waals surface area (Å²) < 4.78 is 0. The number of fused-ring (bicyclic) bond motifs is 1. The molecule has 2 atom stereocenters. The molecule has 0 saturated carbocycles. The minimum atomic E-state index is 0.319. The molecule has 0 spiro atoms. The number of carbonyl (C=O) groups is 1. The van der Waals surface area contributed by atoms with Gasteiger partial charge in [-0.25, -0.2) is 0 Å². The number of nitrogens with zero attached hydrogens (tertiary/aromatic N) is 3.